The van der Waals surface area contributed by atoms with Gasteiger partial charge >= 0.3 is 0 Å². The molecule has 2 aromatic heterocycles. The molecular formula is C18H18ClN5O2S. The van der Waals surface area contributed by atoms with Gasteiger partial charge in [-0.2, -0.15) is 4.52 Å². The molecule has 7 nitrogen and oxygen atoms in total. The molecule has 1 aliphatic rings. The molecule has 1 unspecified atom stereocenters. The minimum absolute atomic E-state index is 0.131. The number of halogens is 1. The molecule has 3 aromatic rings. The van der Waals surface area contributed by atoms with Crippen LogP contribution in [0.15, 0.2) is 29.1 Å². The topological polar surface area (TPSA) is 79.6 Å². The molecule has 1 N–H and O–H groups in total. The second-order valence-corrected chi connectivity index (χ2v) is 7.98. The van der Waals surface area contributed by atoms with E-state index in [2.05, 4.69) is 15.4 Å². The summed E-state index contributed by atoms with van der Waals surface area (Å²) < 4.78 is 1.29. The van der Waals surface area contributed by atoms with E-state index in [1.54, 1.807) is 13.0 Å². The van der Waals surface area contributed by atoms with Gasteiger partial charge in [0.1, 0.15) is 6.04 Å². The molecule has 0 spiro atoms. The van der Waals surface area contributed by atoms with Gasteiger partial charge in [-0.3, -0.25) is 9.59 Å². The van der Waals surface area contributed by atoms with Gasteiger partial charge in [-0.25, -0.2) is 4.98 Å². The summed E-state index contributed by atoms with van der Waals surface area (Å²) >= 11 is 7.55. The second kappa shape index (κ2) is 6.94. The molecule has 27 heavy (non-hydrogen) atoms. The van der Waals surface area contributed by atoms with Gasteiger partial charge in [-0.05, 0) is 44.4 Å². The number of aryl methyl sites for hydroxylation is 2. The lowest BCUT2D eigenvalue weighted by Crippen LogP contribution is -2.39. The van der Waals surface area contributed by atoms with Gasteiger partial charge in [0.2, 0.25) is 16.0 Å². The van der Waals surface area contributed by atoms with Crippen molar-refractivity contribution >= 4 is 44.6 Å². The number of amides is 1. The zero-order chi connectivity index (χ0) is 19.1. The summed E-state index contributed by atoms with van der Waals surface area (Å²) in [6.07, 6.45) is 1.59. The van der Waals surface area contributed by atoms with E-state index >= 15 is 0 Å². The Labute approximate surface area is 164 Å². The van der Waals surface area contributed by atoms with Crippen molar-refractivity contribution in [3.8, 4) is 0 Å². The average molecular weight is 404 g/mol. The van der Waals surface area contributed by atoms with Gasteiger partial charge in [-0.15, -0.1) is 5.10 Å². The van der Waals surface area contributed by atoms with Crippen LogP contribution in [-0.2, 0) is 4.79 Å². The number of fused-ring (bicyclic) bond motifs is 1. The maximum Gasteiger partial charge on any atom is 0.275 e. The number of nitrogens with zero attached hydrogens (tertiary/aromatic N) is 4. The highest BCUT2D eigenvalue weighted by Crippen LogP contribution is 2.30. The molecule has 9 heteroatoms. The summed E-state index contributed by atoms with van der Waals surface area (Å²) in [7, 11) is 0. The van der Waals surface area contributed by atoms with E-state index in [0.717, 1.165) is 12.0 Å². The van der Waals surface area contributed by atoms with Crippen molar-refractivity contribution in [3.63, 3.8) is 0 Å². The standard InChI is InChI=1S/C18H18ClN5O2S/c1-10-5-6-13(12(19)8-10)21-16(26)14-4-3-7-23(14)18-22-24-15(25)9-11(2)20-17(24)27-18/h5-6,8-9,14H,3-4,7H2,1-2H3,(H,21,26). The number of hydrogen-bond acceptors (Lipinski definition) is 6. The quantitative estimate of drug-likeness (QED) is 0.727. The summed E-state index contributed by atoms with van der Waals surface area (Å²) in [6, 6.07) is 6.61. The predicted octanol–water partition coefficient (Wildman–Crippen LogP) is 3.03. The van der Waals surface area contributed by atoms with E-state index in [1.807, 2.05) is 24.0 Å². The van der Waals surface area contributed by atoms with Crippen LogP contribution < -0.4 is 15.8 Å². The Morgan fingerprint density at radius 1 is 1.33 bits per heavy atom. The van der Waals surface area contributed by atoms with Crippen LogP contribution >= 0.6 is 22.9 Å². The fraction of sp³-hybridized carbons (Fsp3) is 0.333. The first-order valence-electron chi connectivity index (χ1n) is 8.63. The van der Waals surface area contributed by atoms with Crippen molar-refractivity contribution in [3.05, 3.63) is 50.9 Å². The van der Waals surface area contributed by atoms with Crippen molar-refractivity contribution in [2.45, 2.75) is 32.7 Å². The Hall–Kier alpha value is -2.45. The maximum absolute atomic E-state index is 12.9. The van der Waals surface area contributed by atoms with E-state index < -0.39 is 0 Å². The SMILES string of the molecule is Cc1ccc(NC(=O)C2CCCN2c2nn3c(=O)cc(C)nc3s2)c(Cl)c1. The van der Waals surface area contributed by atoms with Gasteiger partial charge in [0.15, 0.2) is 0 Å². The summed E-state index contributed by atoms with van der Waals surface area (Å²) in [4.78, 5) is 31.8. The molecule has 0 aliphatic carbocycles. The zero-order valence-electron chi connectivity index (χ0n) is 14.9. The van der Waals surface area contributed by atoms with Crippen molar-refractivity contribution < 1.29 is 4.79 Å². The highest BCUT2D eigenvalue weighted by Gasteiger charge is 2.33. The van der Waals surface area contributed by atoms with Crippen LogP contribution in [0.1, 0.15) is 24.1 Å². The predicted molar refractivity (Wildman–Crippen MR) is 107 cm³/mol. The smallest absolute Gasteiger partial charge is 0.275 e. The van der Waals surface area contributed by atoms with Gasteiger partial charge in [0.05, 0.1) is 10.7 Å². The Balaban J connectivity index is 1.61. The monoisotopic (exact) mass is 403 g/mol. The first-order chi connectivity index (χ1) is 12.9. The van der Waals surface area contributed by atoms with Gasteiger partial charge in [0, 0.05) is 18.3 Å². The molecular weight excluding hydrogens is 386 g/mol. The van der Waals surface area contributed by atoms with Gasteiger partial charge in [-0.1, -0.05) is 29.0 Å². The summed E-state index contributed by atoms with van der Waals surface area (Å²) in [5.41, 5.74) is 2.06. The van der Waals surface area contributed by atoms with Crippen LogP contribution in [0.4, 0.5) is 10.8 Å². The molecule has 1 fully saturated rings. The number of rotatable bonds is 3. The van der Waals surface area contributed by atoms with Gasteiger partial charge < -0.3 is 10.2 Å². The number of carbonyl (C=O) groups is 1. The van der Waals surface area contributed by atoms with Crippen LogP contribution in [-0.4, -0.2) is 33.1 Å². The largest absolute Gasteiger partial charge is 0.335 e. The van der Waals surface area contributed by atoms with E-state index in [0.29, 0.717) is 39.5 Å². The normalized spacial score (nSPS) is 16.9. The molecule has 0 bridgehead atoms. The lowest BCUT2D eigenvalue weighted by atomic mass is 10.2. The molecule has 0 saturated carbocycles. The second-order valence-electron chi connectivity index (χ2n) is 6.64. The minimum atomic E-state index is -0.361. The Morgan fingerprint density at radius 2 is 2.15 bits per heavy atom. The van der Waals surface area contributed by atoms with E-state index in [1.165, 1.54) is 21.9 Å². The summed E-state index contributed by atoms with van der Waals surface area (Å²) in [5.74, 6) is -0.131. The Kier molecular flexibility index (Phi) is 4.61. The average Bonchev–Trinajstić information content (AvgIpc) is 3.23. The van der Waals surface area contributed by atoms with Crippen LogP contribution in [0, 0.1) is 13.8 Å². The lowest BCUT2D eigenvalue weighted by Gasteiger charge is -2.22. The summed E-state index contributed by atoms with van der Waals surface area (Å²) in [6.45, 7) is 4.42. The number of carbonyl (C=O) groups excluding carboxylic acids is 1. The molecule has 1 atom stereocenters. The molecule has 1 amide bonds. The van der Waals surface area contributed by atoms with Crippen molar-refractivity contribution in [2.75, 3.05) is 16.8 Å². The summed E-state index contributed by atoms with van der Waals surface area (Å²) in [5, 5.41) is 8.43. The first kappa shape index (κ1) is 17.9. The van der Waals surface area contributed by atoms with E-state index in [-0.39, 0.29) is 17.5 Å². The first-order valence-corrected chi connectivity index (χ1v) is 9.83. The third-order valence-corrected chi connectivity index (χ3v) is 5.80. The van der Waals surface area contributed by atoms with Gasteiger partial charge in [0.25, 0.3) is 5.56 Å². The molecule has 1 saturated heterocycles. The molecule has 3 heterocycles. The maximum atomic E-state index is 12.9. The number of aromatic nitrogens is 3. The fourth-order valence-corrected chi connectivity index (χ4v) is 4.54. The molecule has 1 aromatic carbocycles. The number of anilines is 2. The highest BCUT2D eigenvalue weighted by atomic mass is 35.5. The van der Waals surface area contributed by atoms with Crippen molar-refractivity contribution in [1.82, 2.24) is 14.6 Å². The zero-order valence-corrected chi connectivity index (χ0v) is 16.5. The third-order valence-electron chi connectivity index (χ3n) is 4.55. The van der Waals surface area contributed by atoms with Crippen LogP contribution in [0.5, 0.6) is 0 Å². The lowest BCUT2D eigenvalue weighted by molar-refractivity contribution is -0.117. The van der Waals surface area contributed by atoms with E-state index in [4.69, 9.17) is 11.6 Å². The van der Waals surface area contributed by atoms with Crippen molar-refractivity contribution in [2.24, 2.45) is 0 Å². The molecule has 140 valence electrons. The number of hydrogen-bond donors (Lipinski definition) is 1. The molecule has 0 radical (unpaired) electrons. The number of nitrogens with one attached hydrogen (secondary N) is 1. The van der Waals surface area contributed by atoms with Crippen LogP contribution in [0.25, 0.3) is 4.96 Å². The van der Waals surface area contributed by atoms with Crippen molar-refractivity contribution in [1.29, 1.82) is 0 Å². The van der Waals surface area contributed by atoms with Crippen LogP contribution in [0.3, 0.4) is 0 Å². The molecule has 1 aliphatic heterocycles. The number of benzene rings is 1. The van der Waals surface area contributed by atoms with Crippen LogP contribution in [0.2, 0.25) is 5.02 Å². The highest BCUT2D eigenvalue weighted by molar-refractivity contribution is 7.20. The molecule has 4 rings (SSSR count). The minimum Gasteiger partial charge on any atom is -0.335 e. The fourth-order valence-electron chi connectivity index (χ4n) is 3.23. The Morgan fingerprint density at radius 3 is 2.93 bits per heavy atom. The Bertz CT molecular complexity index is 1090. The third kappa shape index (κ3) is 3.42. The van der Waals surface area contributed by atoms with E-state index in [9.17, 15) is 9.59 Å².